The molecule has 1 atom stereocenters. The first-order valence-corrected chi connectivity index (χ1v) is 10.4. The standard InChI is InChI=1S/C21H35ClN4O2/c1-5-23-19(24-14-20(2,3)17-7-6-8-18(22)13-17)25-15-21(4,27)16-26-9-11-28-12-10-26/h6-8,13,27H,5,9-12,14-16H2,1-4H3,(H2,23,24,25). The van der Waals surface area contributed by atoms with Gasteiger partial charge in [0.1, 0.15) is 0 Å². The first-order valence-electron chi connectivity index (χ1n) is 10.0. The minimum absolute atomic E-state index is 0.114. The zero-order valence-corrected chi connectivity index (χ0v) is 18.4. The summed E-state index contributed by atoms with van der Waals surface area (Å²) in [4.78, 5) is 6.85. The van der Waals surface area contributed by atoms with Crippen LogP contribution in [0.5, 0.6) is 0 Å². The van der Waals surface area contributed by atoms with Gasteiger partial charge in [-0.1, -0.05) is 37.6 Å². The lowest BCUT2D eigenvalue weighted by Gasteiger charge is -2.33. The smallest absolute Gasteiger partial charge is 0.191 e. The summed E-state index contributed by atoms with van der Waals surface area (Å²) in [6.07, 6.45) is 0. The quantitative estimate of drug-likeness (QED) is 0.453. The number of aliphatic imine (C=N–C) groups is 1. The van der Waals surface area contributed by atoms with Crippen LogP contribution in [0.2, 0.25) is 5.02 Å². The van der Waals surface area contributed by atoms with Gasteiger partial charge in [0.25, 0.3) is 0 Å². The molecule has 0 radical (unpaired) electrons. The number of morpholine rings is 1. The van der Waals surface area contributed by atoms with Gasteiger partial charge in [-0.25, -0.2) is 0 Å². The number of aliphatic hydroxyl groups is 1. The highest BCUT2D eigenvalue weighted by atomic mass is 35.5. The highest BCUT2D eigenvalue weighted by Gasteiger charge is 2.26. The Morgan fingerprint density at radius 3 is 2.61 bits per heavy atom. The number of benzene rings is 1. The number of rotatable bonds is 8. The lowest BCUT2D eigenvalue weighted by atomic mass is 9.84. The molecule has 6 nitrogen and oxygen atoms in total. The Hall–Kier alpha value is -1.34. The number of nitrogens with one attached hydrogen (secondary N) is 2. The van der Waals surface area contributed by atoms with Crippen molar-refractivity contribution in [3.63, 3.8) is 0 Å². The number of halogens is 1. The Morgan fingerprint density at radius 2 is 1.96 bits per heavy atom. The molecule has 1 unspecified atom stereocenters. The van der Waals surface area contributed by atoms with E-state index in [-0.39, 0.29) is 5.41 Å². The summed E-state index contributed by atoms with van der Waals surface area (Å²) in [6, 6.07) is 7.95. The van der Waals surface area contributed by atoms with Crippen molar-refractivity contribution in [3.05, 3.63) is 34.9 Å². The zero-order valence-electron chi connectivity index (χ0n) is 17.6. The van der Waals surface area contributed by atoms with E-state index in [1.54, 1.807) is 0 Å². The second-order valence-corrected chi connectivity index (χ2v) is 8.76. The van der Waals surface area contributed by atoms with Crippen molar-refractivity contribution in [3.8, 4) is 0 Å². The van der Waals surface area contributed by atoms with Crippen LogP contribution in [0.1, 0.15) is 33.3 Å². The Bertz CT molecular complexity index is 643. The van der Waals surface area contributed by atoms with Crippen LogP contribution < -0.4 is 10.6 Å². The summed E-state index contributed by atoms with van der Waals surface area (Å²) >= 11 is 6.15. The number of hydrogen-bond acceptors (Lipinski definition) is 4. The van der Waals surface area contributed by atoms with Gasteiger partial charge in [-0.3, -0.25) is 9.89 Å². The van der Waals surface area contributed by atoms with Crippen LogP contribution in [0.3, 0.4) is 0 Å². The van der Waals surface area contributed by atoms with Gasteiger partial charge in [0, 0.05) is 43.2 Å². The molecule has 0 amide bonds. The van der Waals surface area contributed by atoms with Gasteiger partial charge < -0.3 is 20.5 Å². The van der Waals surface area contributed by atoms with E-state index in [1.807, 2.05) is 32.0 Å². The minimum atomic E-state index is -0.887. The highest BCUT2D eigenvalue weighted by molar-refractivity contribution is 6.30. The van der Waals surface area contributed by atoms with Crippen molar-refractivity contribution >= 4 is 17.6 Å². The lowest BCUT2D eigenvalue weighted by molar-refractivity contribution is -0.0179. The average Bonchev–Trinajstić information content (AvgIpc) is 2.64. The van der Waals surface area contributed by atoms with Gasteiger partial charge >= 0.3 is 0 Å². The summed E-state index contributed by atoms with van der Waals surface area (Å²) in [6.45, 7) is 13.7. The highest BCUT2D eigenvalue weighted by Crippen LogP contribution is 2.24. The summed E-state index contributed by atoms with van der Waals surface area (Å²) in [5.41, 5.74) is 0.169. The Kier molecular flexibility index (Phi) is 8.56. The molecule has 0 aromatic heterocycles. The van der Waals surface area contributed by atoms with E-state index in [0.29, 0.717) is 25.6 Å². The molecule has 28 heavy (non-hydrogen) atoms. The second kappa shape index (κ2) is 10.4. The predicted molar refractivity (Wildman–Crippen MR) is 116 cm³/mol. The SMILES string of the molecule is CCNC(=NCC(C)(O)CN1CCOCC1)NCC(C)(C)c1cccc(Cl)c1. The maximum atomic E-state index is 10.8. The topological polar surface area (TPSA) is 69.1 Å². The molecular weight excluding hydrogens is 376 g/mol. The third-order valence-corrected chi connectivity index (χ3v) is 5.13. The van der Waals surface area contributed by atoms with E-state index < -0.39 is 5.60 Å². The first-order chi connectivity index (χ1) is 13.2. The Balaban J connectivity index is 1.95. The maximum Gasteiger partial charge on any atom is 0.191 e. The summed E-state index contributed by atoms with van der Waals surface area (Å²) in [5.74, 6) is 0.708. The van der Waals surface area contributed by atoms with Crippen LogP contribution in [-0.4, -0.2) is 74.0 Å². The zero-order chi connectivity index (χ0) is 20.6. The number of nitrogens with zero attached hydrogens (tertiary/aromatic N) is 2. The van der Waals surface area contributed by atoms with E-state index >= 15 is 0 Å². The van der Waals surface area contributed by atoms with Gasteiger partial charge in [-0.2, -0.15) is 0 Å². The third-order valence-electron chi connectivity index (χ3n) is 4.89. The minimum Gasteiger partial charge on any atom is -0.387 e. The van der Waals surface area contributed by atoms with Crippen LogP contribution in [0.25, 0.3) is 0 Å². The van der Waals surface area contributed by atoms with E-state index in [2.05, 4.69) is 40.4 Å². The van der Waals surface area contributed by atoms with Crippen molar-refractivity contribution in [1.29, 1.82) is 0 Å². The van der Waals surface area contributed by atoms with Crippen LogP contribution >= 0.6 is 11.6 Å². The molecule has 7 heteroatoms. The van der Waals surface area contributed by atoms with Crippen LogP contribution in [-0.2, 0) is 10.2 Å². The number of hydrogen-bond donors (Lipinski definition) is 3. The van der Waals surface area contributed by atoms with E-state index in [1.165, 1.54) is 5.56 Å². The summed E-state index contributed by atoms with van der Waals surface area (Å²) in [5, 5.41) is 18.2. The molecule has 1 aliphatic rings. The van der Waals surface area contributed by atoms with Crippen molar-refractivity contribution in [2.24, 2.45) is 4.99 Å². The van der Waals surface area contributed by atoms with Crippen molar-refractivity contribution < 1.29 is 9.84 Å². The van der Waals surface area contributed by atoms with Crippen molar-refractivity contribution in [2.45, 2.75) is 38.7 Å². The summed E-state index contributed by atoms with van der Waals surface area (Å²) in [7, 11) is 0. The first kappa shape index (κ1) is 22.9. The van der Waals surface area contributed by atoms with E-state index in [9.17, 15) is 5.11 Å². The average molecular weight is 411 g/mol. The number of ether oxygens (including phenoxy) is 1. The van der Waals surface area contributed by atoms with Crippen LogP contribution in [0.4, 0.5) is 0 Å². The molecule has 158 valence electrons. The maximum absolute atomic E-state index is 10.8. The third kappa shape index (κ3) is 7.59. The van der Waals surface area contributed by atoms with E-state index in [0.717, 1.165) is 37.9 Å². The molecule has 0 saturated carbocycles. The van der Waals surface area contributed by atoms with Crippen molar-refractivity contribution in [1.82, 2.24) is 15.5 Å². The van der Waals surface area contributed by atoms with E-state index in [4.69, 9.17) is 16.3 Å². The molecule has 1 aliphatic heterocycles. The monoisotopic (exact) mass is 410 g/mol. The molecule has 1 saturated heterocycles. The number of β-amino-alcohol motifs (C(OH)–C–C–N with tert-alkyl or cyclic N) is 1. The molecular formula is C21H35ClN4O2. The lowest BCUT2D eigenvalue weighted by Crippen LogP contribution is -2.48. The van der Waals surface area contributed by atoms with Crippen LogP contribution in [0.15, 0.2) is 29.3 Å². The Labute approximate surface area is 174 Å². The van der Waals surface area contributed by atoms with Gasteiger partial charge in [0.05, 0.1) is 25.4 Å². The van der Waals surface area contributed by atoms with Gasteiger partial charge in [-0.15, -0.1) is 0 Å². The van der Waals surface area contributed by atoms with Crippen molar-refractivity contribution in [2.75, 3.05) is 52.5 Å². The molecule has 1 aromatic carbocycles. The molecule has 1 heterocycles. The molecule has 2 rings (SSSR count). The second-order valence-electron chi connectivity index (χ2n) is 8.33. The molecule has 1 fully saturated rings. The fourth-order valence-corrected chi connectivity index (χ4v) is 3.39. The molecule has 1 aromatic rings. The Morgan fingerprint density at radius 1 is 1.25 bits per heavy atom. The number of guanidine groups is 1. The van der Waals surface area contributed by atoms with Gasteiger partial charge in [0.15, 0.2) is 5.96 Å². The normalized spacial score (nSPS) is 18.6. The predicted octanol–water partition coefficient (Wildman–Crippen LogP) is 2.26. The molecule has 3 N–H and O–H groups in total. The fourth-order valence-electron chi connectivity index (χ4n) is 3.20. The largest absolute Gasteiger partial charge is 0.387 e. The fraction of sp³-hybridized carbons (Fsp3) is 0.667. The molecule has 0 bridgehead atoms. The van der Waals surface area contributed by atoms with Gasteiger partial charge in [-0.05, 0) is 31.5 Å². The van der Waals surface area contributed by atoms with Gasteiger partial charge in [0.2, 0.25) is 0 Å². The van der Waals surface area contributed by atoms with Crippen LogP contribution in [0, 0.1) is 0 Å². The molecule has 0 aliphatic carbocycles. The summed E-state index contributed by atoms with van der Waals surface area (Å²) < 4.78 is 5.37. The molecule has 0 spiro atoms.